The van der Waals surface area contributed by atoms with E-state index in [9.17, 15) is 13.6 Å². The van der Waals surface area contributed by atoms with Crippen LogP contribution in [0.2, 0.25) is 0 Å². The van der Waals surface area contributed by atoms with Crippen molar-refractivity contribution in [2.75, 3.05) is 7.11 Å². The monoisotopic (exact) mass is 404 g/mol. The Morgan fingerprint density at radius 2 is 1.86 bits per heavy atom. The molecule has 0 heterocycles. The molecule has 5 heteroatoms. The van der Waals surface area contributed by atoms with Crippen LogP contribution in [0.25, 0.3) is 11.1 Å². The van der Waals surface area contributed by atoms with Crippen molar-refractivity contribution in [1.82, 2.24) is 0 Å². The molecule has 0 N–H and O–H groups in total. The standard InChI is InChI=1S/C22H24F2O3.C2H6/c1-22(2)11-5-8-19(22)18-13-15(20(25)26-3)9-10-17(18)14-6-4-7-16(12-14)27-21(23)24;1-2/h4,6-7,9-10,12-13,19,21H,5,8,11H2,1-3H3;1-2H3. The molecule has 1 saturated carbocycles. The molecule has 2 aromatic carbocycles. The van der Waals surface area contributed by atoms with Crippen molar-refractivity contribution < 1.29 is 23.0 Å². The molecule has 1 aliphatic rings. The number of halogens is 2. The lowest BCUT2D eigenvalue weighted by Crippen LogP contribution is -2.17. The summed E-state index contributed by atoms with van der Waals surface area (Å²) in [5.41, 5.74) is 3.37. The Balaban J connectivity index is 0.00000145. The molecule has 0 aromatic heterocycles. The molecule has 1 fully saturated rings. The van der Waals surface area contributed by atoms with E-state index in [-0.39, 0.29) is 23.1 Å². The number of hydrogen-bond donors (Lipinski definition) is 0. The van der Waals surface area contributed by atoms with E-state index in [1.165, 1.54) is 13.2 Å². The van der Waals surface area contributed by atoms with Crippen molar-refractivity contribution in [3.8, 4) is 16.9 Å². The van der Waals surface area contributed by atoms with Crippen LogP contribution in [0.1, 0.15) is 68.8 Å². The van der Waals surface area contributed by atoms with E-state index in [0.717, 1.165) is 36.0 Å². The minimum Gasteiger partial charge on any atom is -0.465 e. The van der Waals surface area contributed by atoms with Gasteiger partial charge in [-0.15, -0.1) is 0 Å². The minimum atomic E-state index is -2.87. The summed E-state index contributed by atoms with van der Waals surface area (Å²) in [6.07, 6.45) is 3.25. The molecule has 0 saturated heterocycles. The lowest BCUT2D eigenvalue weighted by molar-refractivity contribution is -0.0498. The maximum Gasteiger partial charge on any atom is 0.387 e. The molecule has 158 valence electrons. The predicted molar refractivity (Wildman–Crippen MR) is 112 cm³/mol. The summed E-state index contributed by atoms with van der Waals surface area (Å²) in [6.45, 7) is 5.60. The highest BCUT2D eigenvalue weighted by Gasteiger charge is 2.37. The highest BCUT2D eigenvalue weighted by Crippen LogP contribution is 2.51. The molecule has 1 aliphatic carbocycles. The molecule has 1 unspecified atom stereocenters. The largest absolute Gasteiger partial charge is 0.465 e. The molecular weight excluding hydrogens is 374 g/mol. The van der Waals surface area contributed by atoms with Crippen molar-refractivity contribution in [3.63, 3.8) is 0 Å². The van der Waals surface area contributed by atoms with Crippen LogP contribution in [0.15, 0.2) is 42.5 Å². The normalized spacial score (nSPS) is 17.4. The molecule has 29 heavy (non-hydrogen) atoms. The van der Waals surface area contributed by atoms with E-state index in [4.69, 9.17) is 4.74 Å². The fourth-order valence-corrected chi connectivity index (χ4v) is 4.10. The summed E-state index contributed by atoms with van der Waals surface area (Å²) in [5, 5.41) is 0. The molecule has 0 radical (unpaired) electrons. The van der Waals surface area contributed by atoms with Crippen molar-refractivity contribution in [2.45, 2.75) is 59.5 Å². The fraction of sp³-hybridized carbons (Fsp3) is 0.458. The van der Waals surface area contributed by atoms with Gasteiger partial charge < -0.3 is 9.47 Å². The summed E-state index contributed by atoms with van der Waals surface area (Å²) < 4.78 is 34.6. The number of alkyl halides is 2. The predicted octanol–water partition coefficient (Wildman–Crippen LogP) is 7.06. The van der Waals surface area contributed by atoms with Gasteiger partial charge in [-0.1, -0.05) is 52.3 Å². The Hall–Kier alpha value is -2.43. The molecular formula is C24H30F2O3. The van der Waals surface area contributed by atoms with Crippen molar-refractivity contribution in [1.29, 1.82) is 0 Å². The van der Waals surface area contributed by atoms with Crippen molar-refractivity contribution >= 4 is 5.97 Å². The first kappa shape index (κ1) is 22.9. The highest BCUT2D eigenvalue weighted by atomic mass is 19.3. The maximum absolute atomic E-state index is 12.6. The van der Waals surface area contributed by atoms with Crippen LogP contribution >= 0.6 is 0 Å². The Morgan fingerprint density at radius 1 is 1.14 bits per heavy atom. The van der Waals surface area contributed by atoms with Gasteiger partial charge in [-0.25, -0.2) is 4.79 Å². The number of esters is 1. The second-order valence-corrected chi connectivity index (χ2v) is 7.63. The summed E-state index contributed by atoms with van der Waals surface area (Å²) in [5.74, 6) is 0.0151. The van der Waals surface area contributed by atoms with Gasteiger partial charge in [0.15, 0.2) is 0 Å². The van der Waals surface area contributed by atoms with Gasteiger partial charge in [0, 0.05) is 0 Å². The third-order valence-electron chi connectivity index (χ3n) is 5.48. The van der Waals surface area contributed by atoms with Gasteiger partial charge in [0.25, 0.3) is 0 Å². The SMILES string of the molecule is CC.COC(=O)c1ccc(-c2cccc(OC(F)F)c2)c(C2CCCC2(C)C)c1. The van der Waals surface area contributed by atoms with Gasteiger partial charge in [0.2, 0.25) is 0 Å². The summed E-state index contributed by atoms with van der Waals surface area (Å²) in [4.78, 5) is 12.0. The Kier molecular flexibility index (Phi) is 7.77. The number of benzene rings is 2. The quantitative estimate of drug-likeness (QED) is 0.500. The van der Waals surface area contributed by atoms with Crippen LogP contribution in [0.3, 0.4) is 0 Å². The number of ether oxygens (including phenoxy) is 2. The van der Waals surface area contributed by atoms with Gasteiger partial charge in [0.05, 0.1) is 12.7 Å². The van der Waals surface area contributed by atoms with Crippen LogP contribution in [-0.4, -0.2) is 19.7 Å². The van der Waals surface area contributed by atoms with E-state index in [1.54, 1.807) is 18.2 Å². The molecule has 2 aromatic rings. The second-order valence-electron chi connectivity index (χ2n) is 7.63. The second kappa shape index (κ2) is 9.86. The first-order chi connectivity index (χ1) is 13.8. The van der Waals surface area contributed by atoms with Crippen LogP contribution in [0.4, 0.5) is 8.78 Å². The average Bonchev–Trinajstić information content (AvgIpc) is 3.07. The number of hydrogen-bond acceptors (Lipinski definition) is 3. The first-order valence-electron chi connectivity index (χ1n) is 10.1. The Morgan fingerprint density at radius 3 is 2.45 bits per heavy atom. The van der Waals surface area contributed by atoms with E-state index in [0.29, 0.717) is 5.56 Å². The van der Waals surface area contributed by atoms with Gasteiger partial charge in [-0.05, 0) is 65.1 Å². The molecule has 0 spiro atoms. The van der Waals surface area contributed by atoms with Crippen LogP contribution in [-0.2, 0) is 4.74 Å². The summed E-state index contributed by atoms with van der Waals surface area (Å²) in [6, 6.07) is 12.2. The number of carbonyl (C=O) groups is 1. The minimum absolute atomic E-state index is 0.0978. The van der Waals surface area contributed by atoms with Crippen molar-refractivity contribution in [3.05, 3.63) is 53.6 Å². The zero-order valence-electron chi connectivity index (χ0n) is 17.8. The first-order valence-corrected chi connectivity index (χ1v) is 10.1. The van der Waals surface area contributed by atoms with Crippen LogP contribution in [0, 0.1) is 5.41 Å². The van der Waals surface area contributed by atoms with Gasteiger partial charge >= 0.3 is 12.6 Å². The topological polar surface area (TPSA) is 35.5 Å². The van der Waals surface area contributed by atoms with E-state index in [1.807, 2.05) is 32.0 Å². The number of methoxy groups -OCH3 is 1. The van der Waals surface area contributed by atoms with Gasteiger partial charge in [-0.2, -0.15) is 8.78 Å². The Labute approximate surface area is 172 Å². The molecule has 0 amide bonds. The zero-order valence-corrected chi connectivity index (χ0v) is 17.8. The summed E-state index contributed by atoms with van der Waals surface area (Å²) >= 11 is 0. The van der Waals surface area contributed by atoms with E-state index in [2.05, 4.69) is 18.6 Å². The number of carbonyl (C=O) groups excluding carboxylic acids is 1. The van der Waals surface area contributed by atoms with E-state index >= 15 is 0 Å². The molecule has 0 bridgehead atoms. The molecule has 0 aliphatic heterocycles. The lowest BCUT2D eigenvalue weighted by atomic mass is 9.75. The van der Waals surface area contributed by atoms with E-state index < -0.39 is 6.61 Å². The molecule has 3 nitrogen and oxygen atoms in total. The third-order valence-corrected chi connectivity index (χ3v) is 5.48. The number of rotatable bonds is 5. The third kappa shape index (κ3) is 5.34. The maximum atomic E-state index is 12.6. The Bertz CT molecular complexity index is 831. The molecule has 3 rings (SSSR count). The highest BCUT2D eigenvalue weighted by molar-refractivity contribution is 5.90. The average molecular weight is 404 g/mol. The van der Waals surface area contributed by atoms with Gasteiger partial charge in [-0.3, -0.25) is 0 Å². The van der Waals surface area contributed by atoms with Crippen LogP contribution < -0.4 is 4.74 Å². The fourth-order valence-electron chi connectivity index (χ4n) is 4.10. The van der Waals surface area contributed by atoms with Crippen molar-refractivity contribution in [2.24, 2.45) is 5.41 Å². The smallest absolute Gasteiger partial charge is 0.387 e. The molecule has 1 atom stereocenters. The summed E-state index contributed by atoms with van der Waals surface area (Å²) in [7, 11) is 1.36. The van der Waals surface area contributed by atoms with Gasteiger partial charge in [0.1, 0.15) is 5.75 Å². The zero-order chi connectivity index (χ0) is 21.6. The lowest BCUT2D eigenvalue weighted by Gasteiger charge is -2.29. The van der Waals surface area contributed by atoms with Crippen LogP contribution in [0.5, 0.6) is 5.75 Å².